The second-order valence-corrected chi connectivity index (χ2v) is 9.40. The molecule has 1 amide bonds. The van der Waals surface area contributed by atoms with E-state index in [1.54, 1.807) is 11.3 Å². The molecule has 27 heavy (non-hydrogen) atoms. The predicted molar refractivity (Wildman–Crippen MR) is 116 cm³/mol. The summed E-state index contributed by atoms with van der Waals surface area (Å²) < 4.78 is 2.99. The summed E-state index contributed by atoms with van der Waals surface area (Å²) in [6, 6.07) is 12.1. The van der Waals surface area contributed by atoms with Crippen LogP contribution in [0.3, 0.4) is 0 Å². The van der Waals surface area contributed by atoms with E-state index in [1.807, 2.05) is 48.7 Å². The lowest BCUT2D eigenvalue weighted by atomic mass is 10.2. The third-order valence-corrected chi connectivity index (χ3v) is 6.72. The van der Waals surface area contributed by atoms with Gasteiger partial charge in [0, 0.05) is 47.4 Å². The van der Waals surface area contributed by atoms with Gasteiger partial charge in [0.25, 0.3) is 0 Å². The number of hydrogen-bond donors (Lipinski definition) is 1. The molecule has 2 heterocycles. The van der Waals surface area contributed by atoms with Crippen molar-refractivity contribution in [3.63, 3.8) is 0 Å². The number of imidazole rings is 1. The van der Waals surface area contributed by atoms with Crippen LogP contribution >= 0.6 is 34.7 Å². The van der Waals surface area contributed by atoms with Crippen LogP contribution in [0.25, 0.3) is 0 Å². The molecule has 0 fully saturated rings. The van der Waals surface area contributed by atoms with Gasteiger partial charge in [0.2, 0.25) is 5.91 Å². The molecule has 3 rings (SSSR count). The Morgan fingerprint density at radius 1 is 1.30 bits per heavy atom. The fourth-order valence-electron chi connectivity index (χ4n) is 2.75. The molecule has 0 spiro atoms. The van der Waals surface area contributed by atoms with E-state index in [-0.39, 0.29) is 5.91 Å². The molecule has 0 aliphatic rings. The van der Waals surface area contributed by atoms with Gasteiger partial charge in [-0.3, -0.25) is 4.79 Å². The number of halogens is 1. The van der Waals surface area contributed by atoms with E-state index in [4.69, 9.17) is 11.6 Å². The fraction of sp³-hybridized carbons (Fsp3) is 0.300. The molecule has 7 heteroatoms. The van der Waals surface area contributed by atoms with Crippen LogP contribution in [0, 0.1) is 0 Å². The number of hydrogen-bond acceptors (Lipinski definition) is 4. The van der Waals surface area contributed by atoms with Crippen molar-refractivity contribution in [1.82, 2.24) is 9.55 Å². The van der Waals surface area contributed by atoms with Crippen molar-refractivity contribution in [3.05, 3.63) is 69.9 Å². The smallest absolute Gasteiger partial charge is 0.221 e. The first-order valence-electron chi connectivity index (χ1n) is 8.76. The highest BCUT2D eigenvalue weighted by Gasteiger charge is 2.12. The Kier molecular flexibility index (Phi) is 7.38. The Hall–Kier alpha value is -1.76. The quantitative estimate of drug-likeness (QED) is 0.498. The van der Waals surface area contributed by atoms with Crippen LogP contribution in [0.15, 0.2) is 55.1 Å². The largest absolute Gasteiger partial charge is 0.336 e. The summed E-state index contributed by atoms with van der Waals surface area (Å²) >= 11 is 9.67. The summed E-state index contributed by atoms with van der Waals surface area (Å²) in [6.07, 6.45) is 7.83. The zero-order valence-corrected chi connectivity index (χ0v) is 17.5. The maximum atomic E-state index is 11.1. The van der Waals surface area contributed by atoms with E-state index in [1.165, 1.54) is 17.4 Å². The number of rotatable bonds is 9. The predicted octanol–water partition coefficient (Wildman–Crippen LogP) is 5.49. The average Bonchev–Trinajstić information content (AvgIpc) is 3.29. The van der Waals surface area contributed by atoms with Gasteiger partial charge in [-0.15, -0.1) is 11.3 Å². The SMILES string of the molecule is CC(=O)Nc1ccc(CSC(CCc2ccc(Cl)s2)Cn2ccnc2)cc1. The Morgan fingerprint density at radius 2 is 2.11 bits per heavy atom. The van der Waals surface area contributed by atoms with Crippen LogP contribution in [-0.2, 0) is 23.5 Å². The van der Waals surface area contributed by atoms with E-state index >= 15 is 0 Å². The normalized spacial score (nSPS) is 12.1. The molecule has 2 aromatic heterocycles. The van der Waals surface area contributed by atoms with Crippen molar-refractivity contribution in [1.29, 1.82) is 0 Å². The van der Waals surface area contributed by atoms with Crippen LogP contribution in [0.4, 0.5) is 5.69 Å². The van der Waals surface area contributed by atoms with Crippen molar-refractivity contribution in [2.75, 3.05) is 5.32 Å². The van der Waals surface area contributed by atoms with E-state index in [2.05, 4.69) is 33.1 Å². The highest BCUT2D eigenvalue weighted by atomic mass is 35.5. The minimum absolute atomic E-state index is 0.0498. The van der Waals surface area contributed by atoms with Crippen molar-refractivity contribution in [3.8, 4) is 0 Å². The fourth-order valence-corrected chi connectivity index (χ4v) is 5.03. The minimum atomic E-state index is -0.0498. The lowest BCUT2D eigenvalue weighted by molar-refractivity contribution is -0.114. The van der Waals surface area contributed by atoms with Crippen LogP contribution in [0.2, 0.25) is 4.34 Å². The maximum Gasteiger partial charge on any atom is 0.221 e. The van der Waals surface area contributed by atoms with Gasteiger partial charge in [0.1, 0.15) is 0 Å². The molecule has 0 saturated carbocycles. The molecular formula is C20H22ClN3OS2. The number of benzene rings is 1. The van der Waals surface area contributed by atoms with Crippen molar-refractivity contribution < 1.29 is 4.79 Å². The van der Waals surface area contributed by atoms with E-state index in [9.17, 15) is 4.79 Å². The van der Waals surface area contributed by atoms with Crippen molar-refractivity contribution >= 4 is 46.3 Å². The molecule has 1 atom stereocenters. The summed E-state index contributed by atoms with van der Waals surface area (Å²) in [5.41, 5.74) is 2.09. The molecule has 1 N–H and O–H groups in total. The van der Waals surface area contributed by atoms with Gasteiger partial charge in [0.15, 0.2) is 0 Å². The van der Waals surface area contributed by atoms with Crippen LogP contribution in [-0.4, -0.2) is 20.7 Å². The summed E-state index contributed by atoms with van der Waals surface area (Å²) in [7, 11) is 0. The van der Waals surface area contributed by atoms with Crippen molar-refractivity contribution in [2.45, 2.75) is 37.3 Å². The Morgan fingerprint density at radius 3 is 2.74 bits per heavy atom. The van der Waals surface area contributed by atoms with Crippen LogP contribution < -0.4 is 5.32 Å². The molecule has 0 aliphatic carbocycles. The van der Waals surface area contributed by atoms with Crippen molar-refractivity contribution in [2.24, 2.45) is 0 Å². The third kappa shape index (κ3) is 6.72. The van der Waals surface area contributed by atoms with E-state index in [0.717, 1.165) is 35.2 Å². The average molecular weight is 420 g/mol. The number of carbonyl (C=O) groups is 1. The van der Waals surface area contributed by atoms with Gasteiger partial charge in [-0.2, -0.15) is 11.8 Å². The first kappa shape index (κ1) is 20.0. The highest BCUT2D eigenvalue weighted by molar-refractivity contribution is 7.99. The van der Waals surface area contributed by atoms with Crippen LogP contribution in [0.5, 0.6) is 0 Å². The first-order valence-corrected chi connectivity index (χ1v) is 11.0. The number of aromatic nitrogens is 2. The highest BCUT2D eigenvalue weighted by Crippen LogP contribution is 2.27. The summed E-state index contributed by atoms with van der Waals surface area (Å²) in [4.78, 5) is 16.6. The number of thioether (sulfide) groups is 1. The monoisotopic (exact) mass is 419 g/mol. The van der Waals surface area contributed by atoms with Gasteiger partial charge < -0.3 is 9.88 Å². The molecular weight excluding hydrogens is 398 g/mol. The number of amides is 1. The number of anilines is 1. The standard InChI is InChI=1S/C20H22ClN3OS2/c1-15(25)23-17-4-2-16(3-5-17)13-26-19(12-24-11-10-22-14-24)7-6-18-8-9-20(21)27-18/h2-5,8-11,14,19H,6-7,12-13H2,1H3,(H,23,25). The zero-order valence-electron chi connectivity index (χ0n) is 15.1. The molecule has 1 aromatic carbocycles. The second kappa shape index (κ2) is 9.97. The summed E-state index contributed by atoms with van der Waals surface area (Å²) in [5.74, 6) is 0.886. The first-order chi connectivity index (χ1) is 13.1. The lowest BCUT2D eigenvalue weighted by Crippen LogP contribution is -2.13. The number of carbonyl (C=O) groups excluding carboxylic acids is 1. The van der Waals surface area contributed by atoms with Gasteiger partial charge in [-0.05, 0) is 42.7 Å². The number of nitrogens with zero attached hydrogens (tertiary/aromatic N) is 2. The molecule has 0 bridgehead atoms. The maximum absolute atomic E-state index is 11.1. The molecule has 3 aromatic rings. The Balaban J connectivity index is 1.57. The van der Waals surface area contributed by atoms with Crippen LogP contribution in [0.1, 0.15) is 23.8 Å². The zero-order chi connectivity index (χ0) is 19.1. The van der Waals surface area contributed by atoms with Gasteiger partial charge in [0.05, 0.1) is 10.7 Å². The Bertz CT molecular complexity index is 847. The summed E-state index contributed by atoms with van der Waals surface area (Å²) in [5, 5.41) is 3.28. The van der Waals surface area contributed by atoms with E-state index in [0.29, 0.717) is 5.25 Å². The molecule has 0 aliphatic heterocycles. The van der Waals surface area contributed by atoms with E-state index < -0.39 is 0 Å². The molecule has 1 unspecified atom stereocenters. The summed E-state index contributed by atoms with van der Waals surface area (Å²) in [6.45, 7) is 2.46. The number of nitrogens with one attached hydrogen (secondary N) is 1. The molecule has 0 saturated heterocycles. The van der Waals surface area contributed by atoms with Gasteiger partial charge in [-0.25, -0.2) is 4.98 Å². The lowest BCUT2D eigenvalue weighted by Gasteiger charge is -2.17. The number of aryl methyl sites for hydroxylation is 1. The van der Waals surface area contributed by atoms with Gasteiger partial charge >= 0.3 is 0 Å². The Labute approximate surface area is 173 Å². The molecule has 0 radical (unpaired) electrons. The second-order valence-electron chi connectivity index (χ2n) is 6.32. The number of thiophene rings is 1. The third-order valence-electron chi connectivity index (χ3n) is 4.08. The van der Waals surface area contributed by atoms with Gasteiger partial charge in [-0.1, -0.05) is 23.7 Å². The molecule has 142 valence electrons. The molecule has 4 nitrogen and oxygen atoms in total. The minimum Gasteiger partial charge on any atom is -0.336 e. The topological polar surface area (TPSA) is 46.9 Å².